The minimum atomic E-state index is -0.406. The van der Waals surface area contributed by atoms with E-state index >= 15 is 0 Å². The lowest BCUT2D eigenvalue weighted by Gasteiger charge is -2.34. The van der Waals surface area contributed by atoms with Gasteiger partial charge in [-0.15, -0.1) is 0 Å². The number of amidine groups is 1. The van der Waals surface area contributed by atoms with Crippen molar-refractivity contribution in [2.45, 2.75) is 61.8 Å². The second-order valence-electron chi connectivity index (χ2n) is 18.2. The average molecular weight is 846 g/mol. The number of allylic oxidation sites excluding steroid dienone is 7. The van der Waals surface area contributed by atoms with Crippen molar-refractivity contribution in [1.29, 1.82) is 0 Å². The summed E-state index contributed by atoms with van der Waals surface area (Å²) in [7, 11) is 0. The van der Waals surface area contributed by atoms with Gasteiger partial charge in [0.2, 0.25) is 0 Å². The molecule has 310 valence electrons. The van der Waals surface area contributed by atoms with E-state index in [9.17, 15) is 0 Å². The summed E-state index contributed by atoms with van der Waals surface area (Å²) in [6, 6.07) is 50.1. The van der Waals surface area contributed by atoms with Crippen molar-refractivity contribution in [3.8, 4) is 22.3 Å². The van der Waals surface area contributed by atoms with Gasteiger partial charge in [0.1, 0.15) is 11.2 Å². The molecule has 0 N–H and O–H groups in total. The number of aliphatic imine (C=N–C) groups is 2. The average Bonchev–Trinajstić information content (AvgIpc) is 3.72. The van der Waals surface area contributed by atoms with Crippen LogP contribution in [0.2, 0.25) is 0 Å². The Balaban J connectivity index is 0.959. The summed E-state index contributed by atoms with van der Waals surface area (Å²) in [5.74, 6) is 1.56. The Hall–Kier alpha value is -6.82. The van der Waals surface area contributed by atoms with E-state index in [1.165, 1.54) is 70.8 Å². The zero-order valence-corrected chi connectivity index (χ0v) is 37.1. The van der Waals surface area contributed by atoms with Crippen molar-refractivity contribution < 1.29 is 4.42 Å². The van der Waals surface area contributed by atoms with Gasteiger partial charge in [0, 0.05) is 44.5 Å². The fourth-order valence-electron chi connectivity index (χ4n) is 10.5. The molecular formula is C59H47N3OS. The van der Waals surface area contributed by atoms with Crippen LogP contribution in [0.1, 0.15) is 62.4 Å². The minimum Gasteiger partial charge on any atom is -0.456 e. The summed E-state index contributed by atoms with van der Waals surface area (Å²) in [5.41, 5.74) is 17.2. The number of fused-ring (bicyclic) bond motifs is 7. The highest BCUT2D eigenvalue weighted by molar-refractivity contribution is 7.99. The number of pyridine rings is 1. The quantitative estimate of drug-likeness (QED) is 0.167. The lowest BCUT2D eigenvalue weighted by Crippen LogP contribution is -2.31. The molecule has 5 heteroatoms. The van der Waals surface area contributed by atoms with E-state index in [1.54, 1.807) is 0 Å². The van der Waals surface area contributed by atoms with Crippen LogP contribution in [0.15, 0.2) is 205 Å². The van der Waals surface area contributed by atoms with Crippen molar-refractivity contribution in [3.63, 3.8) is 0 Å². The van der Waals surface area contributed by atoms with Crippen LogP contribution in [0.5, 0.6) is 0 Å². The Morgan fingerprint density at radius 2 is 1.41 bits per heavy atom. The molecule has 4 heterocycles. The molecule has 8 aromatic rings. The Labute approximate surface area is 378 Å². The zero-order chi connectivity index (χ0) is 42.9. The smallest absolute Gasteiger partial charge is 0.151 e. The summed E-state index contributed by atoms with van der Waals surface area (Å²) in [5, 5.41) is 3.53. The van der Waals surface area contributed by atoms with Gasteiger partial charge in [-0.3, -0.25) is 4.99 Å². The molecule has 2 aliphatic heterocycles. The third-order valence-corrected chi connectivity index (χ3v) is 15.0. The summed E-state index contributed by atoms with van der Waals surface area (Å²) >= 11 is 1.88. The largest absolute Gasteiger partial charge is 0.456 e. The lowest BCUT2D eigenvalue weighted by molar-refractivity contribution is 0.512. The molecule has 12 rings (SSSR count). The molecule has 0 amide bonds. The standard InChI is InChI=1S/C59H47N3OS/c1-36-14-11-16-40(32-36)50-35-59(3,43-17-5-4-6-18-43)62-58(61-50)42-30-31-44(37(2)33-42)56-57-48(34-41-15-7-10-25-53(41)64-57)54-45(20-12-22-49(54)60-56)38-26-28-39(29-27-38)46-21-13-24-52-55(46)47-19-8-9-23-51(47)63-52/h4-31,36-37H,32-35H2,1-3H3. The van der Waals surface area contributed by atoms with Crippen molar-refractivity contribution in [1.82, 2.24) is 4.98 Å². The normalized spacial score (nSPS) is 20.6. The van der Waals surface area contributed by atoms with Crippen molar-refractivity contribution >= 4 is 61.7 Å². The minimum absolute atomic E-state index is 0.211. The Morgan fingerprint density at radius 1 is 0.672 bits per heavy atom. The summed E-state index contributed by atoms with van der Waals surface area (Å²) in [6.07, 6.45) is 14.8. The van der Waals surface area contributed by atoms with E-state index in [0.29, 0.717) is 5.92 Å². The number of hydrogen-bond acceptors (Lipinski definition) is 5. The lowest BCUT2D eigenvalue weighted by atomic mass is 9.80. The summed E-state index contributed by atoms with van der Waals surface area (Å²) < 4.78 is 6.25. The van der Waals surface area contributed by atoms with Crippen LogP contribution in [0.3, 0.4) is 0 Å². The van der Waals surface area contributed by atoms with Crippen molar-refractivity contribution in [2.24, 2.45) is 21.8 Å². The molecule has 0 radical (unpaired) electrons. The van der Waals surface area contributed by atoms with Gasteiger partial charge in [0.25, 0.3) is 0 Å². The highest BCUT2D eigenvalue weighted by Gasteiger charge is 2.36. The number of hydrogen-bond donors (Lipinski definition) is 0. The fraction of sp³-hybridized carbons (Fsp3) is 0.169. The van der Waals surface area contributed by atoms with Gasteiger partial charge in [-0.1, -0.05) is 171 Å². The maximum absolute atomic E-state index is 6.25. The Morgan fingerprint density at radius 3 is 2.22 bits per heavy atom. The first-order valence-electron chi connectivity index (χ1n) is 22.6. The summed E-state index contributed by atoms with van der Waals surface area (Å²) in [6.45, 7) is 6.92. The van der Waals surface area contributed by atoms with Crippen LogP contribution in [0.4, 0.5) is 0 Å². The molecule has 4 aliphatic rings. The maximum atomic E-state index is 6.25. The Bertz CT molecular complexity index is 3400. The molecule has 2 aliphatic carbocycles. The van der Waals surface area contributed by atoms with E-state index in [0.717, 1.165) is 70.4 Å². The fourth-order valence-corrected chi connectivity index (χ4v) is 11.7. The van der Waals surface area contributed by atoms with Crippen LogP contribution in [0, 0.1) is 11.8 Å². The molecule has 3 atom stereocenters. The van der Waals surface area contributed by atoms with E-state index in [2.05, 4.69) is 179 Å². The number of benzene rings is 6. The molecule has 0 spiro atoms. The van der Waals surface area contributed by atoms with Crippen LogP contribution in [-0.2, 0) is 12.0 Å². The second kappa shape index (κ2) is 15.5. The van der Waals surface area contributed by atoms with Gasteiger partial charge in [0.15, 0.2) is 5.84 Å². The number of furan rings is 1. The molecule has 3 unspecified atom stereocenters. The third kappa shape index (κ3) is 6.64. The van der Waals surface area contributed by atoms with Crippen LogP contribution in [-0.4, -0.2) is 16.5 Å². The number of rotatable bonds is 6. The predicted octanol–water partition coefficient (Wildman–Crippen LogP) is 15.6. The molecule has 4 nitrogen and oxygen atoms in total. The highest BCUT2D eigenvalue weighted by Crippen LogP contribution is 2.49. The van der Waals surface area contributed by atoms with E-state index in [-0.39, 0.29) is 5.92 Å². The van der Waals surface area contributed by atoms with Gasteiger partial charge >= 0.3 is 0 Å². The van der Waals surface area contributed by atoms with Gasteiger partial charge in [-0.2, -0.15) is 0 Å². The second-order valence-corrected chi connectivity index (χ2v) is 19.2. The Kier molecular flexibility index (Phi) is 9.38. The molecule has 6 aromatic carbocycles. The zero-order valence-electron chi connectivity index (χ0n) is 36.3. The molecule has 0 saturated carbocycles. The SMILES string of the molecule is CC1C=CC=C(C2=NC(C3=CC=C(c4nc5cccc(-c6ccc(-c7cccc8oc9ccccc9c78)cc6)c5c5c4Sc4ccccc4C5)C(C)C3)=NC(C)(c3ccccc3)C2)C1. The molecule has 64 heavy (non-hydrogen) atoms. The van der Waals surface area contributed by atoms with Crippen LogP contribution < -0.4 is 0 Å². The van der Waals surface area contributed by atoms with E-state index in [1.807, 2.05) is 23.9 Å². The highest BCUT2D eigenvalue weighted by atomic mass is 32.2. The van der Waals surface area contributed by atoms with Gasteiger partial charge < -0.3 is 4.42 Å². The number of para-hydroxylation sites is 1. The number of nitrogens with zero attached hydrogens (tertiary/aromatic N) is 3. The summed E-state index contributed by atoms with van der Waals surface area (Å²) in [4.78, 5) is 19.1. The van der Waals surface area contributed by atoms with E-state index in [4.69, 9.17) is 19.4 Å². The molecular weight excluding hydrogens is 799 g/mol. The third-order valence-electron chi connectivity index (χ3n) is 13.8. The van der Waals surface area contributed by atoms with Crippen LogP contribution in [0.25, 0.3) is 60.7 Å². The first kappa shape index (κ1) is 38.8. The van der Waals surface area contributed by atoms with Crippen LogP contribution >= 0.6 is 11.8 Å². The molecule has 0 saturated heterocycles. The van der Waals surface area contributed by atoms with Gasteiger partial charge in [0.05, 0.1) is 16.7 Å². The number of aromatic nitrogens is 1. The van der Waals surface area contributed by atoms with Crippen molar-refractivity contribution in [3.05, 3.63) is 203 Å². The van der Waals surface area contributed by atoms with E-state index < -0.39 is 5.54 Å². The van der Waals surface area contributed by atoms with Gasteiger partial charge in [-0.25, -0.2) is 9.98 Å². The molecule has 0 fully saturated rings. The maximum Gasteiger partial charge on any atom is 0.151 e. The first-order valence-corrected chi connectivity index (χ1v) is 23.4. The molecule has 2 aromatic heterocycles. The van der Waals surface area contributed by atoms with Crippen molar-refractivity contribution in [2.75, 3.05) is 0 Å². The van der Waals surface area contributed by atoms with Gasteiger partial charge in [-0.05, 0) is 112 Å². The topological polar surface area (TPSA) is 50.8 Å². The predicted molar refractivity (Wildman–Crippen MR) is 267 cm³/mol. The molecule has 0 bridgehead atoms. The monoisotopic (exact) mass is 845 g/mol. The first-order chi connectivity index (χ1) is 31.4.